The summed E-state index contributed by atoms with van der Waals surface area (Å²) in [5.41, 5.74) is 3.30. The fraction of sp³-hybridized carbons (Fsp3) is 0.143. The number of hydrazone groups is 1. The lowest BCUT2D eigenvalue weighted by Gasteiger charge is -2.03. The maximum absolute atomic E-state index is 11.8. The standard InChI is InChI=1S/C14H12Br2N2O3/c1-20-10-4-2-3-9(5-10)6-13(19)18-17-8-11-7-12(15)14(16)21-11/h2-5,7-8H,6H2,1H3,(H,18,19)/b17-8+. The van der Waals surface area contributed by atoms with E-state index >= 15 is 0 Å². The fourth-order valence-corrected chi connectivity index (χ4v) is 2.21. The number of nitrogens with zero attached hydrogens (tertiary/aromatic N) is 1. The number of methoxy groups -OCH3 is 1. The van der Waals surface area contributed by atoms with Gasteiger partial charge in [0, 0.05) is 6.07 Å². The molecule has 0 spiro atoms. The number of carbonyl (C=O) groups excluding carboxylic acids is 1. The van der Waals surface area contributed by atoms with Crippen LogP contribution in [0, 0.1) is 0 Å². The fourth-order valence-electron chi connectivity index (χ4n) is 1.60. The quantitative estimate of drug-likeness (QED) is 0.600. The Morgan fingerprint density at radius 3 is 2.90 bits per heavy atom. The second-order valence-corrected chi connectivity index (χ2v) is 5.67. The van der Waals surface area contributed by atoms with Gasteiger partial charge in [-0.3, -0.25) is 4.79 Å². The number of benzene rings is 1. The molecule has 0 bridgehead atoms. The van der Waals surface area contributed by atoms with Crippen LogP contribution in [0.1, 0.15) is 11.3 Å². The monoisotopic (exact) mass is 414 g/mol. The molecule has 110 valence electrons. The summed E-state index contributed by atoms with van der Waals surface area (Å²) in [4.78, 5) is 11.8. The molecule has 0 atom stereocenters. The van der Waals surface area contributed by atoms with Crippen LogP contribution in [-0.2, 0) is 11.2 Å². The van der Waals surface area contributed by atoms with Gasteiger partial charge >= 0.3 is 0 Å². The zero-order valence-electron chi connectivity index (χ0n) is 11.1. The topological polar surface area (TPSA) is 63.8 Å². The summed E-state index contributed by atoms with van der Waals surface area (Å²) in [6.45, 7) is 0. The highest BCUT2D eigenvalue weighted by Gasteiger charge is 2.05. The Labute approximate surface area is 138 Å². The first-order chi connectivity index (χ1) is 10.1. The van der Waals surface area contributed by atoms with E-state index in [-0.39, 0.29) is 12.3 Å². The molecular formula is C14H12Br2N2O3. The van der Waals surface area contributed by atoms with Crippen molar-refractivity contribution in [3.63, 3.8) is 0 Å². The molecule has 0 unspecified atom stereocenters. The van der Waals surface area contributed by atoms with Crippen LogP contribution in [0.2, 0.25) is 0 Å². The molecule has 1 heterocycles. The van der Waals surface area contributed by atoms with Gasteiger partial charge in [-0.25, -0.2) is 5.43 Å². The minimum Gasteiger partial charge on any atom is -0.497 e. The number of furan rings is 1. The van der Waals surface area contributed by atoms with Crippen LogP contribution >= 0.6 is 31.9 Å². The molecule has 7 heteroatoms. The van der Waals surface area contributed by atoms with Crippen LogP contribution in [0.4, 0.5) is 0 Å². The zero-order valence-corrected chi connectivity index (χ0v) is 14.3. The maximum atomic E-state index is 11.8. The molecule has 1 amide bonds. The number of amides is 1. The molecule has 0 saturated carbocycles. The van der Waals surface area contributed by atoms with Crippen molar-refractivity contribution in [2.45, 2.75) is 6.42 Å². The van der Waals surface area contributed by atoms with Gasteiger partial charge in [0.15, 0.2) is 4.67 Å². The number of carbonyl (C=O) groups is 1. The normalized spacial score (nSPS) is 10.8. The van der Waals surface area contributed by atoms with E-state index in [4.69, 9.17) is 9.15 Å². The van der Waals surface area contributed by atoms with Gasteiger partial charge in [0.05, 0.1) is 24.2 Å². The SMILES string of the molecule is COc1cccc(CC(=O)N/N=C/c2cc(Br)c(Br)o2)c1. The van der Waals surface area contributed by atoms with E-state index < -0.39 is 0 Å². The van der Waals surface area contributed by atoms with E-state index in [2.05, 4.69) is 42.4 Å². The van der Waals surface area contributed by atoms with E-state index in [0.717, 1.165) is 10.0 Å². The molecule has 21 heavy (non-hydrogen) atoms. The smallest absolute Gasteiger partial charge is 0.244 e. The summed E-state index contributed by atoms with van der Waals surface area (Å²) in [5.74, 6) is 1.02. The van der Waals surface area contributed by atoms with Crippen LogP contribution in [0.25, 0.3) is 0 Å². The van der Waals surface area contributed by atoms with Crippen LogP contribution < -0.4 is 10.2 Å². The molecular weight excluding hydrogens is 404 g/mol. The second kappa shape index (κ2) is 7.42. The first kappa shape index (κ1) is 15.8. The third-order valence-corrected chi connectivity index (χ3v) is 4.25. The average molecular weight is 416 g/mol. The molecule has 5 nitrogen and oxygen atoms in total. The number of nitrogens with one attached hydrogen (secondary N) is 1. The largest absolute Gasteiger partial charge is 0.497 e. The van der Waals surface area contributed by atoms with Crippen molar-refractivity contribution < 1.29 is 13.9 Å². The number of ether oxygens (including phenoxy) is 1. The molecule has 2 aromatic rings. The van der Waals surface area contributed by atoms with Gasteiger partial charge in [-0.15, -0.1) is 0 Å². The van der Waals surface area contributed by atoms with Crippen LogP contribution in [0.15, 0.2) is 49.0 Å². The summed E-state index contributed by atoms with van der Waals surface area (Å²) in [7, 11) is 1.59. The van der Waals surface area contributed by atoms with Crippen LogP contribution in [0.5, 0.6) is 5.75 Å². The lowest BCUT2D eigenvalue weighted by Crippen LogP contribution is -2.19. The Morgan fingerprint density at radius 2 is 2.24 bits per heavy atom. The zero-order chi connectivity index (χ0) is 15.2. The van der Waals surface area contributed by atoms with E-state index in [9.17, 15) is 4.79 Å². The van der Waals surface area contributed by atoms with Gasteiger partial charge in [-0.1, -0.05) is 12.1 Å². The lowest BCUT2D eigenvalue weighted by molar-refractivity contribution is -0.120. The summed E-state index contributed by atoms with van der Waals surface area (Å²) in [5, 5.41) is 3.84. The Bertz CT molecular complexity index is 648. The first-order valence-corrected chi connectivity index (χ1v) is 7.57. The third-order valence-electron chi connectivity index (χ3n) is 2.54. The minimum absolute atomic E-state index is 0.218. The number of halogens is 2. The molecule has 1 N–H and O–H groups in total. The summed E-state index contributed by atoms with van der Waals surface area (Å²) >= 11 is 6.51. The summed E-state index contributed by atoms with van der Waals surface area (Å²) < 4.78 is 11.8. The second-order valence-electron chi connectivity index (χ2n) is 4.09. The van der Waals surface area contributed by atoms with E-state index in [0.29, 0.717) is 16.2 Å². The van der Waals surface area contributed by atoms with E-state index in [1.165, 1.54) is 6.21 Å². The van der Waals surface area contributed by atoms with Gasteiger partial charge in [0.1, 0.15) is 11.5 Å². The van der Waals surface area contributed by atoms with E-state index in [1.807, 2.05) is 24.3 Å². The maximum Gasteiger partial charge on any atom is 0.244 e. The summed E-state index contributed by atoms with van der Waals surface area (Å²) in [6.07, 6.45) is 1.65. The highest BCUT2D eigenvalue weighted by Crippen LogP contribution is 2.25. The van der Waals surface area contributed by atoms with Gasteiger partial charge in [0.25, 0.3) is 0 Å². The number of rotatable bonds is 5. The number of hydrogen-bond acceptors (Lipinski definition) is 4. The Kier molecular flexibility index (Phi) is 5.58. The molecule has 1 aromatic heterocycles. The van der Waals surface area contributed by atoms with Crippen molar-refractivity contribution in [3.8, 4) is 5.75 Å². The van der Waals surface area contributed by atoms with Crippen molar-refractivity contribution >= 4 is 44.0 Å². The van der Waals surface area contributed by atoms with Crippen LogP contribution in [0.3, 0.4) is 0 Å². The minimum atomic E-state index is -0.218. The highest BCUT2D eigenvalue weighted by atomic mass is 79.9. The van der Waals surface area contributed by atoms with Crippen molar-refractivity contribution in [3.05, 3.63) is 50.8 Å². The third kappa shape index (κ3) is 4.71. The molecule has 0 fully saturated rings. The van der Waals surface area contributed by atoms with Crippen molar-refractivity contribution in [2.24, 2.45) is 5.10 Å². The number of hydrogen-bond donors (Lipinski definition) is 1. The van der Waals surface area contributed by atoms with E-state index in [1.54, 1.807) is 13.2 Å². The van der Waals surface area contributed by atoms with Gasteiger partial charge in [-0.05, 0) is 49.6 Å². The molecule has 0 radical (unpaired) electrons. The van der Waals surface area contributed by atoms with Gasteiger partial charge < -0.3 is 9.15 Å². The highest BCUT2D eigenvalue weighted by molar-refractivity contribution is 9.13. The first-order valence-electron chi connectivity index (χ1n) is 5.98. The molecule has 1 aromatic carbocycles. The molecule has 2 rings (SSSR count). The summed E-state index contributed by atoms with van der Waals surface area (Å²) in [6, 6.07) is 9.06. The average Bonchev–Trinajstić information content (AvgIpc) is 2.78. The predicted molar refractivity (Wildman–Crippen MR) is 86.5 cm³/mol. The van der Waals surface area contributed by atoms with Gasteiger partial charge in [-0.2, -0.15) is 5.10 Å². The Hall–Kier alpha value is -1.60. The predicted octanol–water partition coefficient (Wildman–Crippen LogP) is 3.51. The van der Waals surface area contributed by atoms with Crippen molar-refractivity contribution in [2.75, 3.05) is 7.11 Å². The lowest BCUT2D eigenvalue weighted by atomic mass is 10.1. The Morgan fingerprint density at radius 1 is 1.43 bits per heavy atom. The Balaban J connectivity index is 1.89. The molecule has 0 aliphatic carbocycles. The molecule has 0 aliphatic heterocycles. The molecule has 0 aliphatic rings. The van der Waals surface area contributed by atoms with Gasteiger partial charge in [0.2, 0.25) is 5.91 Å². The molecule has 0 saturated heterocycles. The van der Waals surface area contributed by atoms with Crippen molar-refractivity contribution in [1.82, 2.24) is 5.43 Å². The van der Waals surface area contributed by atoms with Crippen molar-refractivity contribution in [1.29, 1.82) is 0 Å². The van der Waals surface area contributed by atoms with Crippen LogP contribution in [-0.4, -0.2) is 19.2 Å².